The van der Waals surface area contributed by atoms with Crippen LogP contribution >= 0.6 is 35.0 Å². The Morgan fingerprint density at radius 1 is 1.46 bits per heavy atom. The van der Waals surface area contributed by atoms with Crippen molar-refractivity contribution < 1.29 is 14.3 Å². The Hall–Kier alpha value is -1.28. The summed E-state index contributed by atoms with van der Waals surface area (Å²) < 4.78 is 11.5. The molecule has 1 saturated heterocycles. The van der Waals surface area contributed by atoms with Crippen molar-refractivity contribution in [2.45, 2.75) is 41.4 Å². The number of halogens is 2. The second-order valence-corrected chi connectivity index (χ2v) is 9.67. The molecular formula is C19H20Cl2N2O4S. The standard InChI is InChI=1S/C19H20Cl2N2O4S/c1-26-17(25)11-4-5-14-15(7-11)22-18(28-10-12-8-19(12,20)21)23(16(14)24)9-13-3-2-6-27-13/h4-5,7,12-13H,2-3,6,8-10H2,1H3. The van der Waals surface area contributed by atoms with Crippen molar-refractivity contribution in [1.82, 2.24) is 9.55 Å². The number of hydrogen-bond donors (Lipinski definition) is 0. The van der Waals surface area contributed by atoms with E-state index in [4.69, 9.17) is 32.7 Å². The lowest BCUT2D eigenvalue weighted by molar-refractivity contribution is 0.0601. The number of nitrogens with zero attached hydrogens (tertiary/aromatic N) is 2. The van der Waals surface area contributed by atoms with Gasteiger partial charge in [0.2, 0.25) is 0 Å². The summed E-state index contributed by atoms with van der Waals surface area (Å²) in [4.78, 5) is 29.7. The number of carbonyl (C=O) groups excluding carboxylic acids is 1. The molecule has 2 aromatic rings. The number of methoxy groups -OCH3 is 1. The Labute approximate surface area is 176 Å². The van der Waals surface area contributed by atoms with Gasteiger partial charge in [0.25, 0.3) is 5.56 Å². The molecule has 1 aromatic heterocycles. The predicted octanol–water partition coefficient (Wildman–Crippen LogP) is 3.65. The number of ether oxygens (including phenoxy) is 2. The molecule has 0 spiro atoms. The minimum atomic E-state index is -0.679. The van der Waals surface area contributed by atoms with E-state index in [0.717, 1.165) is 19.3 Å². The molecule has 2 atom stereocenters. The number of aromatic nitrogens is 2. The number of rotatable bonds is 6. The Morgan fingerprint density at radius 3 is 2.89 bits per heavy atom. The average Bonchev–Trinajstić information content (AvgIpc) is 3.05. The van der Waals surface area contributed by atoms with E-state index in [1.165, 1.54) is 18.9 Å². The molecule has 6 nitrogen and oxygen atoms in total. The van der Waals surface area contributed by atoms with Crippen molar-refractivity contribution in [3.05, 3.63) is 34.1 Å². The molecule has 2 heterocycles. The fourth-order valence-corrected chi connectivity index (χ4v) is 5.27. The first-order chi connectivity index (χ1) is 13.4. The average molecular weight is 443 g/mol. The molecule has 2 fully saturated rings. The lowest BCUT2D eigenvalue weighted by Crippen LogP contribution is -2.29. The van der Waals surface area contributed by atoms with Crippen molar-refractivity contribution >= 4 is 51.8 Å². The first kappa shape index (κ1) is 20.0. The molecule has 2 unspecified atom stereocenters. The number of benzene rings is 1. The van der Waals surface area contributed by atoms with E-state index in [1.807, 2.05) is 0 Å². The molecule has 0 bridgehead atoms. The molecule has 1 aromatic carbocycles. The fraction of sp³-hybridized carbons (Fsp3) is 0.526. The van der Waals surface area contributed by atoms with Crippen LogP contribution in [0.3, 0.4) is 0 Å². The smallest absolute Gasteiger partial charge is 0.337 e. The van der Waals surface area contributed by atoms with E-state index in [9.17, 15) is 9.59 Å². The van der Waals surface area contributed by atoms with Gasteiger partial charge in [0.15, 0.2) is 5.16 Å². The number of hydrogen-bond acceptors (Lipinski definition) is 6. The van der Waals surface area contributed by atoms with Crippen LogP contribution in [0, 0.1) is 5.92 Å². The van der Waals surface area contributed by atoms with E-state index >= 15 is 0 Å². The Bertz CT molecular complexity index is 972. The van der Waals surface area contributed by atoms with Crippen LogP contribution in [0.4, 0.5) is 0 Å². The van der Waals surface area contributed by atoms with Gasteiger partial charge >= 0.3 is 5.97 Å². The number of alkyl halides is 2. The molecule has 0 radical (unpaired) electrons. The predicted molar refractivity (Wildman–Crippen MR) is 110 cm³/mol. The van der Waals surface area contributed by atoms with Gasteiger partial charge in [-0.15, -0.1) is 23.2 Å². The normalized spacial score (nSPS) is 23.1. The molecule has 1 aliphatic heterocycles. The zero-order chi connectivity index (χ0) is 19.9. The van der Waals surface area contributed by atoms with Crippen molar-refractivity contribution in [3.8, 4) is 0 Å². The lowest BCUT2D eigenvalue weighted by Gasteiger charge is -2.16. The number of thioether (sulfide) groups is 1. The highest BCUT2D eigenvalue weighted by Gasteiger charge is 2.51. The Morgan fingerprint density at radius 2 is 2.25 bits per heavy atom. The summed E-state index contributed by atoms with van der Waals surface area (Å²) in [5, 5.41) is 1.05. The third-order valence-corrected chi connectivity index (χ3v) is 7.19. The maximum atomic E-state index is 13.2. The van der Waals surface area contributed by atoms with Crippen molar-refractivity contribution in [2.75, 3.05) is 19.5 Å². The maximum absolute atomic E-state index is 13.2. The van der Waals surface area contributed by atoms with Gasteiger partial charge in [-0.1, -0.05) is 11.8 Å². The summed E-state index contributed by atoms with van der Waals surface area (Å²) >= 11 is 13.7. The molecule has 0 N–H and O–H groups in total. The van der Waals surface area contributed by atoms with E-state index in [1.54, 1.807) is 22.8 Å². The van der Waals surface area contributed by atoms with Crippen LogP contribution in [0.15, 0.2) is 28.2 Å². The quantitative estimate of drug-likeness (QED) is 0.294. The Balaban J connectivity index is 1.72. The summed E-state index contributed by atoms with van der Waals surface area (Å²) in [7, 11) is 1.32. The molecular weight excluding hydrogens is 423 g/mol. The highest BCUT2D eigenvalue weighted by atomic mass is 35.5. The van der Waals surface area contributed by atoms with Crippen LogP contribution < -0.4 is 5.56 Å². The van der Waals surface area contributed by atoms with Gasteiger partial charge < -0.3 is 9.47 Å². The Kier molecular flexibility index (Phi) is 5.62. The number of fused-ring (bicyclic) bond motifs is 1. The number of carbonyl (C=O) groups is 1. The molecule has 150 valence electrons. The van der Waals surface area contributed by atoms with E-state index in [-0.39, 0.29) is 17.6 Å². The molecule has 1 aliphatic carbocycles. The fourth-order valence-electron chi connectivity index (χ4n) is 3.33. The van der Waals surface area contributed by atoms with Gasteiger partial charge in [-0.05, 0) is 37.5 Å². The molecule has 28 heavy (non-hydrogen) atoms. The van der Waals surface area contributed by atoms with Crippen LogP contribution in [0.5, 0.6) is 0 Å². The third-order valence-electron chi connectivity index (χ3n) is 5.12. The van der Waals surface area contributed by atoms with Crippen LogP contribution in [0.25, 0.3) is 10.9 Å². The molecule has 1 saturated carbocycles. The first-order valence-electron chi connectivity index (χ1n) is 9.14. The third kappa shape index (κ3) is 4.03. The second-order valence-electron chi connectivity index (χ2n) is 7.14. The summed E-state index contributed by atoms with van der Waals surface area (Å²) in [6.07, 6.45) is 2.66. The summed E-state index contributed by atoms with van der Waals surface area (Å²) in [5.41, 5.74) is 0.688. The van der Waals surface area contributed by atoms with Crippen molar-refractivity contribution in [1.29, 1.82) is 0 Å². The highest BCUT2D eigenvalue weighted by molar-refractivity contribution is 7.99. The van der Waals surface area contributed by atoms with Gasteiger partial charge in [0.1, 0.15) is 4.33 Å². The van der Waals surface area contributed by atoms with Crippen molar-refractivity contribution in [3.63, 3.8) is 0 Å². The largest absolute Gasteiger partial charge is 0.465 e. The van der Waals surface area contributed by atoms with Gasteiger partial charge in [-0.2, -0.15) is 0 Å². The number of esters is 1. The van der Waals surface area contributed by atoms with Crippen LogP contribution in [0.2, 0.25) is 0 Å². The zero-order valence-corrected chi connectivity index (χ0v) is 17.6. The summed E-state index contributed by atoms with van der Waals surface area (Å²) in [5.74, 6) is 0.382. The monoisotopic (exact) mass is 442 g/mol. The molecule has 2 aliphatic rings. The molecule has 0 amide bonds. The lowest BCUT2D eigenvalue weighted by atomic mass is 10.1. The molecule has 4 rings (SSSR count). The van der Waals surface area contributed by atoms with Crippen LogP contribution in [0.1, 0.15) is 29.6 Å². The minimum absolute atomic E-state index is 0.00621. The van der Waals surface area contributed by atoms with E-state index in [0.29, 0.717) is 40.5 Å². The first-order valence-corrected chi connectivity index (χ1v) is 10.9. The van der Waals surface area contributed by atoms with Crippen LogP contribution in [-0.4, -0.2) is 45.4 Å². The van der Waals surface area contributed by atoms with Crippen LogP contribution in [-0.2, 0) is 16.0 Å². The topological polar surface area (TPSA) is 70.4 Å². The van der Waals surface area contributed by atoms with E-state index in [2.05, 4.69) is 4.98 Å². The second kappa shape index (κ2) is 7.86. The summed E-state index contributed by atoms with van der Waals surface area (Å²) in [6, 6.07) is 4.80. The molecule has 9 heteroatoms. The van der Waals surface area contributed by atoms with Gasteiger partial charge in [-0.25, -0.2) is 9.78 Å². The zero-order valence-electron chi connectivity index (χ0n) is 15.3. The van der Waals surface area contributed by atoms with E-state index < -0.39 is 10.3 Å². The minimum Gasteiger partial charge on any atom is -0.465 e. The summed E-state index contributed by atoms with van der Waals surface area (Å²) in [6.45, 7) is 1.18. The maximum Gasteiger partial charge on any atom is 0.337 e. The van der Waals surface area contributed by atoms with Gasteiger partial charge in [0.05, 0.1) is 36.2 Å². The van der Waals surface area contributed by atoms with Crippen molar-refractivity contribution in [2.24, 2.45) is 5.92 Å². The highest BCUT2D eigenvalue weighted by Crippen LogP contribution is 2.54. The SMILES string of the molecule is COC(=O)c1ccc2c(=O)n(CC3CCCO3)c(SCC3CC3(Cl)Cl)nc2c1. The van der Waals surface area contributed by atoms with Gasteiger partial charge in [-0.3, -0.25) is 9.36 Å². The van der Waals surface area contributed by atoms with Gasteiger partial charge in [0, 0.05) is 18.3 Å².